The standard InChI is InChI=1S/C18H29N/c1-17(2,3)14-10-6-7-11-15(14)19-16-12-8-9-13-18(16,4)5/h6-7,10-11,16,19H,8-9,12-13H2,1-5H3. The van der Waals surface area contributed by atoms with Crippen LogP contribution < -0.4 is 5.32 Å². The minimum atomic E-state index is 0.197. The molecule has 2 rings (SSSR count). The summed E-state index contributed by atoms with van der Waals surface area (Å²) in [6.07, 6.45) is 5.37. The third-order valence-electron chi connectivity index (χ3n) is 4.57. The zero-order chi connectivity index (χ0) is 14.1. The van der Waals surface area contributed by atoms with Crippen molar-refractivity contribution in [3.8, 4) is 0 Å². The Morgan fingerprint density at radius 3 is 2.42 bits per heavy atom. The molecule has 1 aromatic rings. The number of rotatable bonds is 2. The van der Waals surface area contributed by atoms with Gasteiger partial charge < -0.3 is 5.32 Å². The summed E-state index contributed by atoms with van der Waals surface area (Å²) in [5, 5.41) is 3.85. The molecule has 1 aromatic carbocycles. The molecule has 0 saturated heterocycles. The van der Waals surface area contributed by atoms with Crippen molar-refractivity contribution < 1.29 is 0 Å². The quantitative estimate of drug-likeness (QED) is 0.753. The molecule has 106 valence electrons. The van der Waals surface area contributed by atoms with E-state index in [4.69, 9.17) is 0 Å². The summed E-state index contributed by atoms with van der Waals surface area (Å²) in [5.74, 6) is 0. The first-order chi connectivity index (χ1) is 8.81. The van der Waals surface area contributed by atoms with Crippen molar-refractivity contribution in [2.45, 2.75) is 71.8 Å². The second-order valence-electron chi connectivity index (χ2n) is 7.73. The van der Waals surface area contributed by atoms with E-state index < -0.39 is 0 Å². The molecule has 1 heteroatoms. The van der Waals surface area contributed by atoms with Crippen LogP contribution in [0.5, 0.6) is 0 Å². The van der Waals surface area contributed by atoms with Crippen molar-refractivity contribution in [3.05, 3.63) is 29.8 Å². The minimum absolute atomic E-state index is 0.197. The lowest BCUT2D eigenvalue weighted by Crippen LogP contribution is -2.39. The van der Waals surface area contributed by atoms with Gasteiger partial charge in [-0.3, -0.25) is 0 Å². The summed E-state index contributed by atoms with van der Waals surface area (Å²) in [4.78, 5) is 0. The van der Waals surface area contributed by atoms with Crippen molar-refractivity contribution in [2.75, 3.05) is 5.32 Å². The van der Waals surface area contributed by atoms with Crippen LogP contribution >= 0.6 is 0 Å². The fraction of sp³-hybridized carbons (Fsp3) is 0.667. The highest BCUT2D eigenvalue weighted by molar-refractivity contribution is 5.55. The first kappa shape index (κ1) is 14.4. The molecule has 1 aliphatic carbocycles. The van der Waals surface area contributed by atoms with E-state index in [2.05, 4.69) is 64.2 Å². The predicted molar refractivity (Wildman–Crippen MR) is 84.8 cm³/mol. The molecule has 1 unspecified atom stereocenters. The SMILES string of the molecule is CC(C)(C)c1ccccc1NC1CCCCC1(C)C. The van der Waals surface area contributed by atoms with Crippen molar-refractivity contribution in [3.63, 3.8) is 0 Å². The number of hydrogen-bond donors (Lipinski definition) is 1. The first-order valence-corrected chi connectivity index (χ1v) is 7.67. The average molecular weight is 259 g/mol. The van der Waals surface area contributed by atoms with Crippen LogP contribution in [0.3, 0.4) is 0 Å². The van der Waals surface area contributed by atoms with Gasteiger partial charge in [-0.05, 0) is 35.3 Å². The van der Waals surface area contributed by atoms with E-state index in [0.29, 0.717) is 11.5 Å². The smallest absolute Gasteiger partial charge is 0.0380 e. The molecule has 1 atom stereocenters. The topological polar surface area (TPSA) is 12.0 Å². The average Bonchev–Trinajstić information content (AvgIpc) is 2.31. The van der Waals surface area contributed by atoms with Gasteiger partial charge in [-0.15, -0.1) is 0 Å². The van der Waals surface area contributed by atoms with Crippen molar-refractivity contribution in [1.82, 2.24) is 0 Å². The Morgan fingerprint density at radius 1 is 1.11 bits per heavy atom. The highest BCUT2D eigenvalue weighted by Gasteiger charge is 2.32. The van der Waals surface area contributed by atoms with E-state index in [0.717, 1.165) is 0 Å². The summed E-state index contributed by atoms with van der Waals surface area (Å²) in [6, 6.07) is 9.40. The summed E-state index contributed by atoms with van der Waals surface area (Å²) >= 11 is 0. The molecule has 19 heavy (non-hydrogen) atoms. The molecular formula is C18H29N. The molecule has 1 aliphatic rings. The van der Waals surface area contributed by atoms with Crippen LogP contribution in [0.15, 0.2) is 24.3 Å². The van der Waals surface area contributed by atoms with E-state index in [9.17, 15) is 0 Å². The van der Waals surface area contributed by atoms with E-state index >= 15 is 0 Å². The number of benzene rings is 1. The fourth-order valence-electron chi connectivity index (χ4n) is 3.21. The number of hydrogen-bond acceptors (Lipinski definition) is 1. The molecule has 1 N–H and O–H groups in total. The summed E-state index contributed by atoms with van der Waals surface area (Å²) < 4.78 is 0. The van der Waals surface area contributed by atoms with Gasteiger partial charge in [0.05, 0.1) is 0 Å². The van der Waals surface area contributed by atoms with Crippen LogP contribution in [0.4, 0.5) is 5.69 Å². The Balaban J connectivity index is 2.24. The van der Waals surface area contributed by atoms with Crippen LogP contribution in [0.25, 0.3) is 0 Å². The number of para-hydroxylation sites is 1. The lowest BCUT2D eigenvalue weighted by atomic mass is 9.73. The van der Waals surface area contributed by atoms with Gasteiger partial charge in [-0.2, -0.15) is 0 Å². The van der Waals surface area contributed by atoms with E-state index in [-0.39, 0.29) is 5.41 Å². The maximum atomic E-state index is 3.85. The molecular weight excluding hydrogens is 230 g/mol. The zero-order valence-electron chi connectivity index (χ0n) is 13.2. The van der Waals surface area contributed by atoms with Crippen molar-refractivity contribution in [2.24, 2.45) is 5.41 Å². The predicted octanol–water partition coefficient (Wildman–Crippen LogP) is 5.36. The van der Waals surface area contributed by atoms with Gasteiger partial charge >= 0.3 is 0 Å². The molecule has 1 saturated carbocycles. The summed E-state index contributed by atoms with van der Waals surface area (Å²) in [7, 11) is 0. The molecule has 1 nitrogen and oxygen atoms in total. The Kier molecular flexibility index (Phi) is 3.94. The Hall–Kier alpha value is -0.980. The van der Waals surface area contributed by atoms with Crippen LogP contribution in [0, 0.1) is 5.41 Å². The third kappa shape index (κ3) is 3.32. The van der Waals surface area contributed by atoms with Gasteiger partial charge in [-0.25, -0.2) is 0 Å². The third-order valence-corrected chi connectivity index (χ3v) is 4.57. The van der Waals surface area contributed by atoms with Crippen LogP contribution in [0.2, 0.25) is 0 Å². The van der Waals surface area contributed by atoms with Gasteiger partial charge in [0.15, 0.2) is 0 Å². The van der Waals surface area contributed by atoms with Crippen LogP contribution in [-0.2, 0) is 5.41 Å². The maximum absolute atomic E-state index is 3.85. The Morgan fingerprint density at radius 2 is 1.79 bits per heavy atom. The van der Waals surface area contributed by atoms with Crippen LogP contribution in [0.1, 0.15) is 65.9 Å². The van der Waals surface area contributed by atoms with Crippen molar-refractivity contribution in [1.29, 1.82) is 0 Å². The molecule has 0 aromatic heterocycles. The van der Waals surface area contributed by atoms with E-state index in [1.165, 1.54) is 36.9 Å². The summed E-state index contributed by atoms with van der Waals surface area (Å²) in [6.45, 7) is 11.7. The van der Waals surface area contributed by atoms with Gasteiger partial charge in [-0.1, -0.05) is 65.7 Å². The van der Waals surface area contributed by atoms with E-state index in [1.54, 1.807) is 0 Å². The first-order valence-electron chi connectivity index (χ1n) is 7.67. The lowest BCUT2D eigenvalue weighted by molar-refractivity contribution is 0.217. The normalized spacial score (nSPS) is 23.1. The van der Waals surface area contributed by atoms with Gasteiger partial charge in [0.1, 0.15) is 0 Å². The second-order valence-corrected chi connectivity index (χ2v) is 7.73. The molecule has 0 spiro atoms. The van der Waals surface area contributed by atoms with Gasteiger partial charge in [0.25, 0.3) is 0 Å². The molecule has 0 aliphatic heterocycles. The largest absolute Gasteiger partial charge is 0.382 e. The second kappa shape index (κ2) is 5.19. The fourth-order valence-corrected chi connectivity index (χ4v) is 3.21. The maximum Gasteiger partial charge on any atom is 0.0380 e. The molecule has 0 radical (unpaired) electrons. The summed E-state index contributed by atoms with van der Waals surface area (Å²) in [5.41, 5.74) is 3.36. The zero-order valence-corrected chi connectivity index (χ0v) is 13.2. The minimum Gasteiger partial charge on any atom is -0.382 e. The highest BCUT2D eigenvalue weighted by atomic mass is 14.9. The monoisotopic (exact) mass is 259 g/mol. The van der Waals surface area contributed by atoms with E-state index in [1.807, 2.05) is 0 Å². The molecule has 0 amide bonds. The number of anilines is 1. The number of nitrogens with one attached hydrogen (secondary N) is 1. The van der Waals surface area contributed by atoms with Gasteiger partial charge in [0, 0.05) is 11.7 Å². The Labute approximate surface area is 118 Å². The molecule has 1 fully saturated rings. The highest BCUT2D eigenvalue weighted by Crippen LogP contribution is 2.39. The Bertz CT molecular complexity index is 426. The van der Waals surface area contributed by atoms with Crippen molar-refractivity contribution >= 4 is 5.69 Å². The molecule has 0 bridgehead atoms. The van der Waals surface area contributed by atoms with Gasteiger partial charge in [0.2, 0.25) is 0 Å². The molecule has 0 heterocycles. The van der Waals surface area contributed by atoms with Crippen LogP contribution in [-0.4, -0.2) is 6.04 Å². The lowest BCUT2D eigenvalue weighted by Gasteiger charge is -2.40.